The normalized spacial score (nSPS) is 9.30. The van der Waals surface area contributed by atoms with Crippen LogP contribution in [0.15, 0.2) is 6.33 Å². The van der Waals surface area contributed by atoms with E-state index in [0.717, 1.165) is 0 Å². The fraction of sp³-hybridized carbons (Fsp3) is 0. The number of anilines is 1. The molecule has 0 fully saturated rings. The zero-order chi connectivity index (χ0) is 7.56. The molecule has 0 aliphatic rings. The summed E-state index contributed by atoms with van der Waals surface area (Å²) in [4.78, 5) is 6.09. The Morgan fingerprint density at radius 2 is 2.60 bits per heavy atom. The molecule has 1 aromatic rings. The highest BCUT2D eigenvalue weighted by Crippen LogP contribution is 2.04. The quantitative estimate of drug-likeness (QED) is 0.171. The number of nitrogens with zero attached hydrogens (tertiary/aromatic N) is 1. The summed E-state index contributed by atoms with van der Waals surface area (Å²) in [6.07, 6.45) is 1.29. The van der Waals surface area contributed by atoms with Crippen molar-refractivity contribution in [2.24, 2.45) is 5.84 Å². The summed E-state index contributed by atoms with van der Waals surface area (Å²) in [5, 5.41) is 17.1. The zero-order valence-electron chi connectivity index (χ0n) is 5.01. The van der Waals surface area contributed by atoms with Crippen LogP contribution in [-0.4, -0.2) is 15.9 Å². The van der Waals surface area contributed by atoms with Gasteiger partial charge in [0.2, 0.25) is 0 Å². The van der Waals surface area contributed by atoms with Crippen molar-refractivity contribution in [2.45, 2.75) is 0 Å². The Bertz CT molecular complexity index is 242. The van der Waals surface area contributed by atoms with Crippen LogP contribution in [0, 0.1) is 5.41 Å². The lowest BCUT2D eigenvalue weighted by atomic mass is 10.4. The third-order valence-electron chi connectivity index (χ3n) is 1.00. The van der Waals surface area contributed by atoms with E-state index < -0.39 is 5.90 Å². The van der Waals surface area contributed by atoms with Crippen LogP contribution in [0.4, 0.5) is 5.82 Å². The molecule has 0 aliphatic carbocycles. The number of aromatic nitrogens is 2. The summed E-state index contributed by atoms with van der Waals surface area (Å²) in [5.41, 5.74) is 2.25. The third kappa shape index (κ3) is 0.914. The molecule has 0 aliphatic heterocycles. The van der Waals surface area contributed by atoms with Gasteiger partial charge < -0.3 is 20.9 Å². The lowest BCUT2D eigenvalue weighted by molar-refractivity contribution is -0.214. The molecule has 0 atom stereocenters. The minimum Gasteiger partial charge on any atom is -0.858 e. The van der Waals surface area contributed by atoms with E-state index in [2.05, 4.69) is 15.4 Å². The Balaban J connectivity index is 3.01. The molecule has 0 unspecified atom stereocenters. The van der Waals surface area contributed by atoms with Crippen LogP contribution in [0.25, 0.3) is 0 Å². The zero-order valence-corrected chi connectivity index (χ0v) is 5.01. The van der Waals surface area contributed by atoms with E-state index in [0.29, 0.717) is 0 Å². The van der Waals surface area contributed by atoms with E-state index in [1.54, 1.807) is 0 Å². The van der Waals surface area contributed by atoms with Gasteiger partial charge in [0, 0.05) is 5.90 Å². The van der Waals surface area contributed by atoms with Gasteiger partial charge in [-0.25, -0.2) is 10.8 Å². The van der Waals surface area contributed by atoms with Crippen molar-refractivity contribution in [1.82, 2.24) is 9.97 Å². The number of H-pyrrole nitrogens is 1. The first-order chi connectivity index (χ1) is 4.75. The molecular weight excluding hydrogens is 134 g/mol. The molecule has 0 amide bonds. The average Bonchev–Trinajstić information content (AvgIpc) is 2.33. The van der Waals surface area contributed by atoms with Gasteiger partial charge in [-0.1, -0.05) is 0 Å². The largest absolute Gasteiger partial charge is 0.858 e. The van der Waals surface area contributed by atoms with E-state index in [1.807, 2.05) is 0 Å². The number of hydrogen-bond donors (Lipinski definition) is 4. The first-order valence-electron chi connectivity index (χ1n) is 2.51. The maximum atomic E-state index is 10.4. The molecule has 0 saturated carbocycles. The molecule has 6 nitrogen and oxygen atoms in total. The van der Waals surface area contributed by atoms with Gasteiger partial charge in [0.1, 0.15) is 0 Å². The molecule has 0 radical (unpaired) electrons. The molecule has 5 N–H and O–H groups in total. The first kappa shape index (κ1) is 6.56. The van der Waals surface area contributed by atoms with Gasteiger partial charge in [-0.15, -0.1) is 0 Å². The van der Waals surface area contributed by atoms with Gasteiger partial charge >= 0.3 is 0 Å². The van der Waals surface area contributed by atoms with E-state index in [-0.39, 0.29) is 11.5 Å². The van der Waals surface area contributed by atoms with E-state index in [9.17, 15) is 5.11 Å². The van der Waals surface area contributed by atoms with Crippen molar-refractivity contribution in [3.8, 4) is 0 Å². The number of rotatable bonds is 2. The maximum Gasteiger partial charge on any atom is 0.166 e. The lowest BCUT2D eigenvalue weighted by Gasteiger charge is -2.05. The van der Waals surface area contributed by atoms with Gasteiger partial charge in [-0.3, -0.25) is 0 Å². The van der Waals surface area contributed by atoms with Crippen LogP contribution in [0.3, 0.4) is 0 Å². The summed E-state index contributed by atoms with van der Waals surface area (Å²) >= 11 is 0. The van der Waals surface area contributed by atoms with Gasteiger partial charge in [-0.2, -0.15) is 0 Å². The van der Waals surface area contributed by atoms with Crippen LogP contribution in [0.5, 0.6) is 0 Å². The molecular formula is C4H6N5O-. The van der Waals surface area contributed by atoms with Crippen molar-refractivity contribution in [2.75, 3.05) is 5.43 Å². The standard InChI is InChI=1S/C4H7N5O/c5-3(10)2-4(9-6)8-1-7-2/h1,9H,6H2,(H2,5,10)(H,7,8)/p-1. The van der Waals surface area contributed by atoms with Crippen molar-refractivity contribution < 1.29 is 5.11 Å². The number of nitrogens with two attached hydrogens (primary N) is 1. The highest BCUT2D eigenvalue weighted by atomic mass is 16.3. The average molecular weight is 140 g/mol. The molecule has 1 aromatic heterocycles. The van der Waals surface area contributed by atoms with E-state index >= 15 is 0 Å². The second kappa shape index (κ2) is 2.36. The molecule has 10 heavy (non-hydrogen) atoms. The van der Waals surface area contributed by atoms with Crippen molar-refractivity contribution >= 4 is 11.7 Å². The first-order valence-corrected chi connectivity index (χ1v) is 2.51. The molecule has 54 valence electrons. The molecule has 0 spiro atoms. The van der Waals surface area contributed by atoms with Crippen LogP contribution < -0.4 is 16.4 Å². The van der Waals surface area contributed by atoms with E-state index in [4.69, 9.17) is 11.3 Å². The Labute approximate surface area is 56.6 Å². The van der Waals surface area contributed by atoms with Gasteiger partial charge in [-0.05, 0) is 0 Å². The summed E-state index contributed by atoms with van der Waals surface area (Å²) in [7, 11) is 0. The lowest BCUT2D eigenvalue weighted by Crippen LogP contribution is -2.20. The summed E-state index contributed by atoms with van der Waals surface area (Å²) in [5.74, 6) is 4.32. The third-order valence-corrected chi connectivity index (χ3v) is 1.00. The van der Waals surface area contributed by atoms with Crippen LogP contribution >= 0.6 is 0 Å². The number of nitrogen functional groups attached to an aromatic ring is 1. The molecule has 1 rings (SSSR count). The number of hydrogen-bond acceptors (Lipinski definition) is 5. The van der Waals surface area contributed by atoms with Gasteiger partial charge in [0.25, 0.3) is 0 Å². The van der Waals surface area contributed by atoms with Gasteiger partial charge in [0.05, 0.1) is 12.0 Å². The van der Waals surface area contributed by atoms with Crippen molar-refractivity contribution in [1.29, 1.82) is 5.41 Å². The Morgan fingerprint density at radius 3 is 3.00 bits per heavy atom. The summed E-state index contributed by atoms with van der Waals surface area (Å²) in [6, 6.07) is 0. The Morgan fingerprint density at radius 1 is 1.90 bits per heavy atom. The maximum absolute atomic E-state index is 10.4. The predicted molar refractivity (Wildman–Crippen MR) is 33.2 cm³/mol. The monoisotopic (exact) mass is 140 g/mol. The highest BCUT2D eigenvalue weighted by molar-refractivity contribution is 5.91. The SMILES string of the molecule is N=C([O-])c1[nH]cnc1NN. The summed E-state index contributed by atoms with van der Waals surface area (Å²) < 4.78 is 0. The Hall–Kier alpha value is -1.56. The Kier molecular flexibility index (Phi) is 1.55. The van der Waals surface area contributed by atoms with Crippen LogP contribution in [0.1, 0.15) is 5.69 Å². The molecule has 0 bridgehead atoms. The highest BCUT2D eigenvalue weighted by Gasteiger charge is 2.00. The number of hydrazine groups is 1. The molecule has 1 heterocycles. The number of imidazole rings is 1. The second-order valence-corrected chi connectivity index (χ2v) is 1.60. The van der Waals surface area contributed by atoms with Crippen molar-refractivity contribution in [3.63, 3.8) is 0 Å². The predicted octanol–water partition coefficient (Wildman–Crippen LogP) is -1.62. The van der Waals surface area contributed by atoms with Gasteiger partial charge in [0.15, 0.2) is 5.82 Å². The minimum absolute atomic E-state index is 0.0718. The van der Waals surface area contributed by atoms with E-state index in [1.165, 1.54) is 6.33 Å². The second-order valence-electron chi connectivity index (χ2n) is 1.60. The topological polar surface area (TPSA) is 114 Å². The van der Waals surface area contributed by atoms with Crippen LogP contribution in [0.2, 0.25) is 0 Å². The molecule has 0 saturated heterocycles. The molecule has 6 heteroatoms. The fourth-order valence-electron chi connectivity index (χ4n) is 0.577. The number of aromatic amines is 1. The molecule has 0 aromatic carbocycles. The summed E-state index contributed by atoms with van der Waals surface area (Å²) in [6.45, 7) is 0. The number of nitrogens with one attached hydrogen (secondary N) is 3. The minimum atomic E-state index is -0.842. The van der Waals surface area contributed by atoms with Crippen molar-refractivity contribution in [3.05, 3.63) is 12.0 Å². The van der Waals surface area contributed by atoms with Crippen LogP contribution in [-0.2, 0) is 0 Å². The fourth-order valence-corrected chi connectivity index (χ4v) is 0.577. The smallest absolute Gasteiger partial charge is 0.166 e.